The van der Waals surface area contributed by atoms with E-state index in [1.165, 1.54) is 10.4 Å². The largest absolute Gasteiger partial charge is 0.381 e. The smallest absolute Gasteiger partial charge is 0.315 e. The lowest BCUT2D eigenvalue weighted by Gasteiger charge is -2.24. The first-order chi connectivity index (χ1) is 11.3. The van der Waals surface area contributed by atoms with Gasteiger partial charge in [-0.15, -0.1) is 11.3 Å². The van der Waals surface area contributed by atoms with Crippen LogP contribution in [0.1, 0.15) is 48.6 Å². The van der Waals surface area contributed by atoms with Crippen LogP contribution >= 0.6 is 11.3 Å². The van der Waals surface area contributed by atoms with E-state index in [-0.39, 0.29) is 12.1 Å². The van der Waals surface area contributed by atoms with Crippen molar-refractivity contribution in [2.75, 3.05) is 26.4 Å². The van der Waals surface area contributed by atoms with Gasteiger partial charge in [0, 0.05) is 31.2 Å². The summed E-state index contributed by atoms with van der Waals surface area (Å²) < 4.78 is 11.1. The van der Waals surface area contributed by atoms with Crippen LogP contribution in [-0.2, 0) is 15.9 Å². The van der Waals surface area contributed by atoms with Gasteiger partial charge in [-0.2, -0.15) is 0 Å². The van der Waals surface area contributed by atoms with Gasteiger partial charge in [0.25, 0.3) is 0 Å². The van der Waals surface area contributed by atoms with E-state index in [1.807, 2.05) is 0 Å². The van der Waals surface area contributed by atoms with Crippen LogP contribution in [0.25, 0.3) is 0 Å². The van der Waals surface area contributed by atoms with Crippen LogP contribution in [-0.4, -0.2) is 38.5 Å². The van der Waals surface area contributed by atoms with E-state index in [9.17, 15) is 4.79 Å². The first kappa shape index (κ1) is 16.7. The molecule has 1 aliphatic heterocycles. The Kier molecular flexibility index (Phi) is 6.30. The van der Waals surface area contributed by atoms with Crippen LogP contribution in [0.4, 0.5) is 4.79 Å². The molecule has 2 aliphatic rings. The third kappa shape index (κ3) is 4.93. The van der Waals surface area contributed by atoms with Gasteiger partial charge in [-0.05, 0) is 55.5 Å². The zero-order chi connectivity index (χ0) is 15.9. The minimum Gasteiger partial charge on any atom is -0.381 e. The summed E-state index contributed by atoms with van der Waals surface area (Å²) in [4.78, 5) is 13.5. The normalized spacial score (nSPS) is 21.7. The van der Waals surface area contributed by atoms with Gasteiger partial charge in [-0.25, -0.2) is 4.79 Å². The van der Waals surface area contributed by atoms with Gasteiger partial charge in [0.2, 0.25) is 0 Å². The molecule has 23 heavy (non-hydrogen) atoms. The van der Waals surface area contributed by atoms with Gasteiger partial charge in [0.05, 0.1) is 12.1 Å². The number of thiophene rings is 1. The molecule has 1 atom stereocenters. The van der Waals surface area contributed by atoms with Crippen molar-refractivity contribution in [3.05, 3.63) is 21.9 Å². The average molecular weight is 338 g/mol. The fraction of sp³-hybridized carbons (Fsp3) is 0.706. The van der Waals surface area contributed by atoms with Crippen molar-refractivity contribution in [3.8, 4) is 0 Å². The molecule has 0 unspecified atom stereocenters. The highest BCUT2D eigenvalue weighted by atomic mass is 32.1. The van der Waals surface area contributed by atoms with Crippen molar-refractivity contribution in [1.29, 1.82) is 0 Å². The quantitative estimate of drug-likeness (QED) is 0.784. The number of urea groups is 1. The van der Waals surface area contributed by atoms with Crippen LogP contribution in [0.15, 0.2) is 11.4 Å². The number of aryl methyl sites for hydroxylation is 1. The molecule has 2 amide bonds. The van der Waals surface area contributed by atoms with E-state index in [0.29, 0.717) is 19.3 Å². The van der Waals surface area contributed by atoms with Gasteiger partial charge in [0.1, 0.15) is 0 Å². The predicted molar refractivity (Wildman–Crippen MR) is 90.9 cm³/mol. The van der Waals surface area contributed by atoms with Crippen molar-refractivity contribution >= 4 is 17.4 Å². The Hall–Kier alpha value is -1.11. The maximum Gasteiger partial charge on any atom is 0.315 e. The van der Waals surface area contributed by atoms with Gasteiger partial charge in [0.15, 0.2) is 0 Å². The maximum absolute atomic E-state index is 12.0. The Morgan fingerprint density at radius 2 is 2.22 bits per heavy atom. The molecule has 1 aromatic rings. The molecule has 128 valence electrons. The highest BCUT2D eigenvalue weighted by Crippen LogP contribution is 2.33. The molecular weight excluding hydrogens is 312 g/mol. The van der Waals surface area contributed by atoms with Crippen molar-refractivity contribution < 1.29 is 14.3 Å². The summed E-state index contributed by atoms with van der Waals surface area (Å²) in [6.45, 7) is 2.95. The zero-order valence-electron chi connectivity index (χ0n) is 13.5. The minimum atomic E-state index is -0.0693. The fourth-order valence-corrected chi connectivity index (χ4v) is 4.20. The molecule has 6 heteroatoms. The zero-order valence-corrected chi connectivity index (χ0v) is 14.3. The standard InChI is InChI=1S/C17H26N2O3S/c20-17(18-8-2-9-22-13-5-10-21-11-6-13)19-15-3-1-4-16-14(15)7-12-23-16/h7,12-13,15H,1-6,8-11H2,(H2,18,19,20)/t15-/m0/s1. The van der Waals surface area contributed by atoms with Crippen LogP contribution in [0.2, 0.25) is 0 Å². The molecular formula is C17H26N2O3S. The Bertz CT molecular complexity index is 500. The molecule has 3 rings (SSSR count). The summed E-state index contributed by atoms with van der Waals surface area (Å²) in [5.74, 6) is 0. The highest BCUT2D eigenvalue weighted by Gasteiger charge is 2.22. The Morgan fingerprint density at radius 1 is 1.35 bits per heavy atom. The van der Waals surface area contributed by atoms with Gasteiger partial charge in [-0.1, -0.05) is 0 Å². The van der Waals surface area contributed by atoms with Crippen LogP contribution in [0, 0.1) is 0 Å². The molecule has 2 N–H and O–H groups in total. The summed E-state index contributed by atoms with van der Waals surface area (Å²) in [5, 5.41) is 8.16. The monoisotopic (exact) mass is 338 g/mol. The lowest BCUT2D eigenvalue weighted by molar-refractivity contribution is -0.0320. The van der Waals surface area contributed by atoms with E-state index in [2.05, 4.69) is 22.1 Å². The number of hydrogen-bond donors (Lipinski definition) is 2. The lowest BCUT2D eigenvalue weighted by Crippen LogP contribution is -2.39. The predicted octanol–water partition coefficient (Wildman–Crippen LogP) is 3.01. The van der Waals surface area contributed by atoms with Crippen LogP contribution in [0.3, 0.4) is 0 Å². The fourth-order valence-electron chi connectivity index (χ4n) is 3.21. The third-order valence-electron chi connectivity index (χ3n) is 4.49. The Labute approximate surface area is 141 Å². The van der Waals surface area contributed by atoms with E-state index in [1.54, 1.807) is 11.3 Å². The molecule has 0 spiro atoms. The molecule has 1 aromatic heterocycles. The average Bonchev–Trinajstić information content (AvgIpc) is 3.05. The number of nitrogens with one attached hydrogen (secondary N) is 2. The molecule has 1 saturated heterocycles. The van der Waals surface area contributed by atoms with E-state index in [0.717, 1.165) is 51.7 Å². The number of fused-ring (bicyclic) bond motifs is 1. The van der Waals surface area contributed by atoms with Crippen molar-refractivity contribution in [2.45, 2.75) is 50.7 Å². The summed E-state index contributed by atoms with van der Waals surface area (Å²) in [6.07, 6.45) is 6.48. The van der Waals surface area contributed by atoms with Gasteiger partial charge >= 0.3 is 6.03 Å². The van der Waals surface area contributed by atoms with Crippen LogP contribution in [0.5, 0.6) is 0 Å². The van der Waals surface area contributed by atoms with Gasteiger partial charge < -0.3 is 20.1 Å². The second-order valence-electron chi connectivity index (χ2n) is 6.18. The summed E-state index contributed by atoms with van der Waals surface area (Å²) in [6, 6.07) is 2.25. The molecule has 1 aliphatic carbocycles. The van der Waals surface area contributed by atoms with Crippen molar-refractivity contribution in [2.24, 2.45) is 0 Å². The van der Waals surface area contributed by atoms with Crippen LogP contribution < -0.4 is 10.6 Å². The molecule has 2 heterocycles. The second-order valence-corrected chi connectivity index (χ2v) is 7.18. The summed E-state index contributed by atoms with van der Waals surface area (Å²) >= 11 is 1.80. The molecule has 1 fully saturated rings. The molecule has 0 bridgehead atoms. The van der Waals surface area contributed by atoms with E-state index < -0.39 is 0 Å². The highest BCUT2D eigenvalue weighted by molar-refractivity contribution is 7.10. The lowest BCUT2D eigenvalue weighted by atomic mass is 9.94. The first-order valence-corrected chi connectivity index (χ1v) is 9.51. The second kappa shape index (κ2) is 8.66. The maximum atomic E-state index is 12.0. The molecule has 0 radical (unpaired) electrons. The molecule has 0 aromatic carbocycles. The van der Waals surface area contributed by atoms with E-state index in [4.69, 9.17) is 9.47 Å². The summed E-state index contributed by atoms with van der Waals surface area (Å²) in [5.41, 5.74) is 1.30. The third-order valence-corrected chi connectivity index (χ3v) is 5.48. The number of rotatable bonds is 6. The van der Waals surface area contributed by atoms with Crippen molar-refractivity contribution in [1.82, 2.24) is 10.6 Å². The summed E-state index contributed by atoms with van der Waals surface area (Å²) in [7, 11) is 0. The van der Waals surface area contributed by atoms with Crippen molar-refractivity contribution in [3.63, 3.8) is 0 Å². The Morgan fingerprint density at radius 3 is 3.09 bits per heavy atom. The first-order valence-electron chi connectivity index (χ1n) is 8.63. The molecule has 0 saturated carbocycles. The number of hydrogen-bond acceptors (Lipinski definition) is 4. The van der Waals surface area contributed by atoms with Gasteiger partial charge in [-0.3, -0.25) is 0 Å². The number of carbonyl (C=O) groups is 1. The molecule has 5 nitrogen and oxygen atoms in total. The number of ether oxygens (including phenoxy) is 2. The number of carbonyl (C=O) groups excluding carboxylic acids is 1. The SMILES string of the molecule is O=C(NCCCOC1CCOCC1)N[C@H]1CCCc2sccc21. The minimum absolute atomic E-state index is 0.0693. The topological polar surface area (TPSA) is 59.6 Å². The van der Waals surface area contributed by atoms with E-state index >= 15 is 0 Å². The Balaban J connectivity index is 1.30. The number of amides is 2.